The first-order valence-corrected chi connectivity index (χ1v) is 10.7. The number of rotatable bonds is 2. The van der Waals surface area contributed by atoms with Gasteiger partial charge in [0.2, 0.25) is 0 Å². The molecule has 1 heterocycles. The quantitative estimate of drug-likeness (QED) is 0.345. The molecule has 4 heteroatoms. The number of anilines is 1. The van der Waals surface area contributed by atoms with Crippen molar-refractivity contribution in [3.8, 4) is 6.07 Å². The highest BCUT2D eigenvalue weighted by atomic mass is 35.5. The second kappa shape index (κ2) is 7.46. The second-order valence-electron chi connectivity index (χ2n) is 7.94. The average molecular weight is 441 g/mol. The van der Waals surface area contributed by atoms with Gasteiger partial charge in [-0.05, 0) is 71.5 Å². The van der Waals surface area contributed by atoms with Gasteiger partial charge in [-0.15, -0.1) is 0 Å². The van der Waals surface area contributed by atoms with Gasteiger partial charge in [0.15, 0.2) is 0 Å². The van der Waals surface area contributed by atoms with Crippen LogP contribution in [0.1, 0.15) is 29.2 Å². The fraction of sp³-hybridized carbons (Fsp3) is 0.0741. The Balaban J connectivity index is 1.82. The van der Waals surface area contributed by atoms with Crippen LogP contribution in [0, 0.1) is 11.3 Å². The fourth-order valence-corrected chi connectivity index (χ4v) is 4.65. The molecular weight excluding hydrogens is 423 g/mol. The number of nitriles is 1. The summed E-state index contributed by atoms with van der Waals surface area (Å²) in [7, 11) is 0. The maximum atomic E-state index is 9.46. The molecule has 150 valence electrons. The van der Waals surface area contributed by atoms with Crippen molar-refractivity contribution in [3.05, 3.63) is 117 Å². The van der Waals surface area contributed by atoms with E-state index >= 15 is 0 Å². The average Bonchev–Trinajstić information content (AvgIpc) is 2.78. The molecule has 1 atom stereocenters. The molecule has 1 aliphatic rings. The summed E-state index contributed by atoms with van der Waals surface area (Å²) in [6, 6.07) is 28.1. The zero-order chi connectivity index (χ0) is 21.6. The summed E-state index contributed by atoms with van der Waals surface area (Å²) in [6.45, 7) is 2.14. The Morgan fingerprint density at radius 1 is 0.871 bits per heavy atom. The predicted molar refractivity (Wildman–Crippen MR) is 130 cm³/mol. The molecule has 0 saturated heterocycles. The Bertz CT molecular complexity index is 1410. The number of benzene rings is 4. The minimum Gasteiger partial charge on any atom is -0.371 e. The second-order valence-corrected chi connectivity index (χ2v) is 8.81. The van der Waals surface area contributed by atoms with E-state index in [1.54, 1.807) is 0 Å². The lowest BCUT2D eigenvalue weighted by atomic mass is 9.80. The summed E-state index contributed by atoms with van der Waals surface area (Å²) in [4.78, 5) is 0. The molecule has 4 aromatic carbocycles. The third-order valence-corrected chi connectivity index (χ3v) is 6.29. The van der Waals surface area contributed by atoms with Crippen LogP contribution in [0.2, 0.25) is 10.0 Å². The van der Waals surface area contributed by atoms with E-state index in [2.05, 4.69) is 48.7 Å². The molecular formula is C27H18Cl2N2. The molecule has 0 spiro atoms. The summed E-state index contributed by atoms with van der Waals surface area (Å²) >= 11 is 12.7. The van der Waals surface area contributed by atoms with Gasteiger partial charge in [0, 0.05) is 21.0 Å². The standard InChI is InChI=1S/C27H18Cl2N2/c1-27(20-5-3-7-22(29)14-20)15-25(19-4-2-6-21(28)13-19)23-11-10-18-9-8-17(16-30)12-24(18)26(23)31-27/h2-15,31H,1H3. The highest BCUT2D eigenvalue weighted by Gasteiger charge is 2.32. The van der Waals surface area contributed by atoms with Crippen LogP contribution < -0.4 is 5.32 Å². The van der Waals surface area contributed by atoms with Crippen molar-refractivity contribution in [3.63, 3.8) is 0 Å². The van der Waals surface area contributed by atoms with Crippen LogP contribution >= 0.6 is 23.2 Å². The zero-order valence-corrected chi connectivity index (χ0v) is 18.3. The van der Waals surface area contributed by atoms with Crippen molar-refractivity contribution in [2.75, 3.05) is 5.32 Å². The van der Waals surface area contributed by atoms with Crippen molar-refractivity contribution in [1.29, 1.82) is 5.26 Å². The first-order valence-electron chi connectivity index (χ1n) is 9.97. The number of hydrogen-bond acceptors (Lipinski definition) is 2. The maximum Gasteiger partial charge on any atom is 0.0991 e. The van der Waals surface area contributed by atoms with Crippen LogP contribution in [0.4, 0.5) is 5.69 Å². The van der Waals surface area contributed by atoms with Gasteiger partial charge >= 0.3 is 0 Å². The fourth-order valence-electron chi connectivity index (χ4n) is 4.27. The highest BCUT2D eigenvalue weighted by molar-refractivity contribution is 6.31. The lowest BCUT2D eigenvalue weighted by Gasteiger charge is -2.37. The molecule has 0 aromatic heterocycles. The van der Waals surface area contributed by atoms with Crippen molar-refractivity contribution in [2.24, 2.45) is 0 Å². The smallest absolute Gasteiger partial charge is 0.0991 e. The number of fused-ring (bicyclic) bond motifs is 3. The SMILES string of the molecule is CC1(c2cccc(Cl)c2)C=C(c2cccc(Cl)c2)c2ccc3ccc(C#N)cc3c2N1. The first kappa shape index (κ1) is 19.7. The largest absolute Gasteiger partial charge is 0.371 e. The lowest BCUT2D eigenvalue weighted by molar-refractivity contribution is 0.687. The molecule has 2 nitrogen and oxygen atoms in total. The Morgan fingerprint density at radius 2 is 1.61 bits per heavy atom. The van der Waals surface area contributed by atoms with Crippen LogP contribution in [-0.2, 0) is 5.54 Å². The molecule has 1 unspecified atom stereocenters. The Hall–Kier alpha value is -3.25. The number of nitrogens with one attached hydrogen (secondary N) is 1. The summed E-state index contributed by atoms with van der Waals surface area (Å²) in [5.41, 5.74) is 5.37. The van der Waals surface area contributed by atoms with Gasteiger partial charge in [-0.1, -0.05) is 65.7 Å². The Morgan fingerprint density at radius 3 is 2.35 bits per heavy atom. The maximum absolute atomic E-state index is 9.46. The molecule has 1 N–H and O–H groups in total. The van der Waals surface area contributed by atoms with E-state index in [0.717, 1.165) is 38.7 Å². The molecule has 0 aliphatic carbocycles. The zero-order valence-electron chi connectivity index (χ0n) is 16.8. The van der Waals surface area contributed by atoms with E-state index in [1.165, 1.54) is 0 Å². The molecule has 31 heavy (non-hydrogen) atoms. The van der Waals surface area contributed by atoms with Crippen LogP contribution in [0.3, 0.4) is 0 Å². The van der Waals surface area contributed by atoms with E-state index in [4.69, 9.17) is 23.2 Å². The summed E-state index contributed by atoms with van der Waals surface area (Å²) in [6.07, 6.45) is 2.23. The third-order valence-electron chi connectivity index (χ3n) is 5.82. The van der Waals surface area contributed by atoms with Crippen LogP contribution in [0.5, 0.6) is 0 Å². The predicted octanol–water partition coefficient (Wildman–Crippen LogP) is 7.79. The van der Waals surface area contributed by atoms with E-state index in [1.807, 2.05) is 54.6 Å². The monoisotopic (exact) mass is 440 g/mol. The van der Waals surface area contributed by atoms with Gasteiger partial charge < -0.3 is 5.32 Å². The summed E-state index contributed by atoms with van der Waals surface area (Å²) < 4.78 is 0. The molecule has 0 saturated carbocycles. The van der Waals surface area contributed by atoms with Gasteiger partial charge in [0.25, 0.3) is 0 Å². The molecule has 4 aromatic rings. The minimum atomic E-state index is -0.507. The third kappa shape index (κ3) is 3.47. The molecule has 0 amide bonds. The van der Waals surface area contributed by atoms with Crippen LogP contribution in [0.25, 0.3) is 16.3 Å². The van der Waals surface area contributed by atoms with Crippen molar-refractivity contribution >= 4 is 45.2 Å². The van der Waals surface area contributed by atoms with Crippen molar-refractivity contribution in [1.82, 2.24) is 0 Å². The van der Waals surface area contributed by atoms with Gasteiger partial charge in [0.05, 0.1) is 22.9 Å². The minimum absolute atomic E-state index is 0.507. The van der Waals surface area contributed by atoms with Crippen LogP contribution in [-0.4, -0.2) is 0 Å². The van der Waals surface area contributed by atoms with Gasteiger partial charge in [0.1, 0.15) is 0 Å². The number of halogens is 2. The summed E-state index contributed by atoms with van der Waals surface area (Å²) in [5.74, 6) is 0. The number of hydrogen-bond donors (Lipinski definition) is 1. The number of nitrogens with zero attached hydrogens (tertiary/aromatic N) is 1. The topological polar surface area (TPSA) is 35.8 Å². The highest BCUT2D eigenvalue weighted by Crippen LogP contribution is 2.45. The van der Waals surface area contributed by atoms with Crippen LogP contribution in [0.15, 0.2) is 84.9 Å². The van der Waals surface area contributed by atoms with Gasteiger partial charge in [-0.25, -0.2) is 0 Å². The van der Waals surface area contributed by atoms with E-state index < -0.39 is 5.54 Å². The Labute approximate surface area is 191 Å². The summed E-state index contributed by atoms with van der Waals surface area (Å²) in [5, 5.41) is 16.7. The van der Waals surface area contributed by atoms with Crippen molar-refractivity contribution < 1.29 is 0 Å². The molecule has 0 radical (unpaired) electrons. The van der Waals surface area contributed by atoms with E-state index in [9.17, 15) is 5.26 Å². The van der Waals surface area contributed by atoms with E-state index in [0.29, 0.717) is 15.6 Å². The normalized spacial score (nSPS) is 17.4. The molecule has 1 aliphatic heterocycles. The van der Waals surface area contributed by atoms with Gasteiger partial charge in [-0.2, -0.15) is 5.26 Å². The lowest BCUT2D eigenvalue weighted by Crippen LogP contribution is -2.33. The first-order chi connectivity index (χ1) is 15.0. The molecule has 5 rings (SSSR count). The van der Waals surface area contributed by atoms with Gasteiger partial charge in [-0.3, -0.25) is 0 Å². The Kier molecular flexibility index (Phi) is 4.74. The molecule has 0 bridgehead atoms. The van der Waals surface area contributed by atoms with Crippen molar-refractivity contribution in [2.45, 2.75) is 12.5 Å². The van der Waals surface area contributed by atoms with E-state index in [-0.39, 0.29) is 0 Å². The molecule has 0 fully saturated rings.